The summed E-state index contributed by atoms with van der Waals surface area (Å²) in [6.45, 7) is 6.20. The zero-order valence-corrected chi connectivity index (χ0v) is 15.1. The summed E-state index contributed by atoms with van der Waals surface area (Å²) in [6.07, 6.45) is 4.27. The molecule has 0 radical (unpaired) electrons. The standard InChI is InChI=1S/C23H24F2/c1-15-4-8-19(9-5-15)20-13-22(24)21(23(25)14-20)11-10-18-7-6-16(2)12-17(18)3/h6-7,12-15,19H,4-5,8-9H2,1-3H3. The fourth-order valence-corrected chi connectivity index (χ4v) is 3.62. The van der Waals surface area contributed by atoms with Gasteiger partial charge in [0.05, 0.1) is 5.56 Å². The molecule has 0 atom stereocenters. The quantitative estimate of drug-likeness (QED) is 0.537. The molecular formula is C23H24F2. The van der Waals surface area contributed by atoms with Crippen molar-refractivity contribution in [3.8, 4) is 11.8 Å². The fourth-order valence-electron chi connectivity index (χ4n) is 3.62. The van der Waals surface area contributed by atoms with Crippen LogP contribution in [-0.2, 0) is 0 Å². The first kappa shape index (κ1) is 17.7. The maximum absolute atomic E-state index is 14.5. The number of rotatable bonds is 1. The summed E-state index contributed by atoms with van der Waals surface area (Å²) in [4.78, 5) is 0. The van der Waals surface area contributed by atoms with Gasteiger partial charge in [-0.05, 0) is 67.9 Å². The minimum Gasteiger partial charge on any atom is -0.206 e. The van der Waals surface area contributed by atoms with Crippen LogP contribution in [0.2, 0.25) is 0 Å². The van der Waals surface area contributed by atoms with Crippen molar-refractivity contribution in [1.29, 1.82) is 0 Å². The SMILES string of the molecule is Cc1ccc(C#Cc2c(F)cc(C3CCC(C)CC3)cc2F)c(C)c1. The zero-order valence-electron chi connectivity index (χ0n) is 15.1. The first-order chi connectivity index (χ1) is 11.9. The van der Waals surface area contributed by atoms with Crippen molar-refractivity contribution in [2.75, 3.05) is 0 Å². The van der Waals surface area contributed by atoms with E-state index in [0.717, 1.165) is 47.9 Å². The van der Waals surface area contributed by atoms with Crippen LogP contribution in [0, 0.1) is 43.2 Å². The summed E-state index contributed by atoms with van der Waals surface area (Å²) < 4.78 is 28.9. The number of benzene rings is 2. The van der Waals surface area contributed by atoms with Gasteiger partial charge in [-0.2, -0.15) is 0 Å². The van der Waals surface area contributed by atoms with Gasteiger partial charge in [0.1, 0.15) is 11.6 Å². The fraction of sp³-hybridized carbons (Fsp3) is 0.391. The van der Waals surface area contributed by atoms with Crippen LogP contribution in [0.4, 0.5) is 8.78 Å². The Bertz CT molecular complexity index is 808. The summed E-state index contributed by atoms with van der Waals surface area (Å²) in [6, 6.07) is 8.83. The van der Waals surface area contributed by atoms with Gasteiger partial charge in [-0.1, -0.05) is 49.3 Å². The first-order valence-corrected chi connectivity index (χ1v) is 9.02. The zero-order chi connectivity index (χ0) is 18.0. The van der Waals surface area contributed by atoms with Crippen molar-refractivity contribution in [1.82, 2.24) is 0 Å². The van der Waals surface area contributed by atoms with Crippen LogP contribution in [-0.4, -0.2) is 0 Å². The van der Waals surface area contributed by atoms with E-state index in [9.17, 15) is 8.78 Å². The molecule has 1 aliphatic rings. The molecule has 0 spiro atoms. The van der Waals surface area contributed by atoms with E-state index in [1.165, 1.54) is 12.1 Å². The second-order valence-corrected chi connectivity index (χ2v) is 7.38. The van der Waals surface area contributed by atoms with E-state index in [4.69, 9.17) is 0 Å². The highest BCUT2D eigenvalue weighted by Gasteiger charge is 2.22. The van der Waals surface area contributed by atoms with Crippen LogP contribution in [0.25, 0.3) is 0 Å². The molecule has 0 saturated heterocycles. The van der Waals surface area contributed by atoms with E-state index in [1.54, 1.807) is 0 Å². The van der Waals surface area contributed by atoms with E-state index >= 15 is 0 Å². The lowest BCUT2D eigenvalue weighted by atomic mass is 9.79. The lowest BCUT2D eigenvalue weighted by molar-refractivity contribution is 0.346. The third-order valence-corrected chi connectivity index (χ3v) is 5.26. The molecule has 2 aromatic carbocycles. The largest absolute Gasteiger partial charge is 0.206 e. The molecule has 0 heterocycles. The Morgan fingerprint density at radius 2 is 1.52 bits per heavy atom. The Hall–Kier alpha value is -2.14. The predicted molar refractivity (Wildman–Crippen MR) is 98.6 cm³/mol. The van der Waals surface area contributed by atoms with Crippen LogP contribution in [0.5, 0.6) is 0 Å². The van der Waals surface area contributed by atoms with Crippen LogP contribution in [0.15, 0.2) is 30.3 Å². The molecule has 0 aliphatic heterocycles. The van der Waals surface area contributed by atoms with Gasteiger partial charge in [0.25, 0.3) is 0 Å². The van der Waals surface area contributed by atoms with Gasteiger partial charge in [-0.25, -0.2) is 8.78 Å². The number of aryl methyl sites for hydroxylation is 2. The molecule has 0 nitrogen and oxygen atoms in total. The highest BCUT2D eigenvalue weighted by molar-refractivity contribution is 5.48. The van der Waals surface area contributed by atoms with Crippen molar-refractivity contribution in [3.05, 3.63) is 69.8 Å². The van der Waals surface area contributed by atoms with E-state index in [-0.39, 0.29) is 11.5 Å². The second-order valence-electron chi connectivity index (χ2n) is 7.38. The van der Waals surface area contributed by atoms with Crippen LogP contribution < -0.4 is 0 Å². The summed E-state index contributed by atoms with van der Waals surface area (Å²) >= 11 is 0. The van der Waals surface area contributed by atoms with Gasteiger partial charge < -0.3 is 0 Å². The molecule has 1 aliphatic carbocycles. The van der Waals surface area contributed by atoms with Gasteiger partial charge in [-0.15, -0.1) is 0 Å². The first-order valence-electron chi connectivity index (χ1n) is 9.02. The summed E-state index contributed by atoms with van der Waals surface area (Å²) in [5.41, 5.74) is 3.61. The summed E-state index contributed by atoms with van der Waals surface area (Å²) in [5, 5.41) is 0. The Kier molecular flexibility index (Phi) is 5.23. The maximum atomic E-state index is 14.5. The maximum Gasteiger partial charge on any atom is 0.142 e. The Balaban J connectivity index is 1.87. The van der Waals surface area contributed by atoms with Gasteiger partial charge in [-0.3, -0.25) is 0 Å². The normalized spacial score (nSPS) is 20.0. The molecule has 2 heteroatoms. The monoisotopic (exact) mass is 338 g/mol. The minimum atomic E-state index is -0.550. The molecule has 1 fully saturated rings. The molecule has 0 aromatic heterocycles. The summed E-state index contributed by atoms with van der Waals surface area (Å²) in [7, 11) is 0. The average molecular weight is 338 g/mol. The molecule has 0 bridgehead atoms. The third-order valence-electron chi connectivity index (χ3n) is 5.26. The van der Waals surface area contributed by atoms with Crippen molar-refractivity contribution < 1.29 is 8.78 Å². The number of hydrogen-bond acceptors (Lipinski definition) is 0. The van der Waals surface area contributed by atoms with Gasteiger partial charge >= 0.3 is 0 Å². The molecule has 3 rings (SSSR count). The Morgan fingerprint density at radius 1 is 0.880 bits per heavy atom. The summed E-state index contributed by atoms with van der Waals surface area (Å²) in [5.74, 6) is 5.49. The smallest absolute Gasteiger partial charge is 0.142 e. The van der Waals surface area contributed by atoms with E-state index in [1.807, 2.05) is 32.0 Å². The number of hydrogen-bond donors (Lipinski definition) is 0. The van der Waals surface area contributed by atoms with E-state index < -0.39 is 11.6 Å². The van der Waals surface area contributed by atoms with Gasteiger partial charge in [0.2, 0.25) is 0 Å². The third kappa shape index (κ3) is 4.10. The van der Waals surface area contributed by atoms with Crippen LogP contribution in [0.1, 0.15) is 66.3 Å². The highest BCUT2D eigenvalue weighted by Crippen LogP contribution is 2.36. The molecular weight excluding hydrogens is 314 g/mol. The van der Waals surface area contributed by atoms with Gasteiger partial charge in [0, 0.05) is 5.56 Å². The molecule has 0 N–H and O–H groups in total. The van der Waals surface area contributed by atoms with Crippen LogP contribution in [0.3, 0.4) is 0 Å². The molecule has 0 amide bonds. The lowest BCUT2D eigenvalue weighted by Crippen LogP contribution is -2.11. The van der Waals surface area contributed by atoms with Crippen molar-refractivity contribution >= 4 is 0 Å². The molecule has 130 valence electrons. The lowest BCUT2D eigenvalue weighted by Gasteiger charge is -2.26. The molecule has 25 heavy (non-hydrogen) atoms. The minimum absolute atomic E-state index is 0.132. The topological polar surface area (TPSA) is 0 Å². The van der Waals surface area contributed by atoms with E-state index in [2.05, 4.69) is 18.8 Å². The van der Waals surface area contributed by atoms with Crippen LogP contribution >= 0.6 is 0 Å². The predicted octanol–water partition coefficient (Wildman–Crippen LogP) is 6.28. The van der Waals surface area contributed by atoms with Crippen molar-refractivity contribution in [3.63, 3.8) is 0 Å². The Morgan fingerprint density at radius 3 is 2.12 bits per heavy atom. The number of halogens is 2. The van der Waals surface area contributed by atoms with Crippen molar-refractivity contribution in [2.24, 2.45) is 5.92 Å². The second kappa shape index (κ2) is 7.40. The molecule has 0 unspecified atom stereocenters. The Labute approximate surface area is 149 Å². The van der Waals surface area contributed by atoms with Crippen molar-refractivity contribution in [2.45, 2.75) is 52.4 Å². The molecule has 1 saturated carbocycles. The highest BCUT2D eigenvalue weighted by atomic mass is 19.1. The van der Waals surface area contributed by atoms with E-state index in [0.29, 0.717) is 5.92 Å². The average Bonchev–Trinajstić information content (AvgIpc) is 2.56. The molecule has 2 aromatic rings. The van der Waals surface area contributed by atoms with Gasteiger partial charge in [0.15, 0.2) is 0 Å².